The van der Waals surface area contributed by atoms with Crippen molar-refractivity contribution in [2.75, 3.05) is 26.4 Å². The summed E-state index contributed by atoms with van der Waals surface area (Å²) in [6, 6.07) is 16.4. The molecule has 37 heavy (non-hydrogen) atoms. The van der Waals surface area contributed by atoms with Crippen LogP contribution in [0.1, 0.15) is 43.1 Å². The number of phenolic OH excluding ortho intramolecular Hbond substituents is 1. The quantitative estimate of drug-likeness (QED) is 0.381. The van der Waals surface area contributed by atoms with E-state index in [-0.39, 0.29) is 24.4 Å². The zero-order chi connectivity index (χ0) is 26.1. The van der Waals surface area contributed by atoms with Crippen LogP contribution >= 0.6 is 0 Å². The first-order chi connectivity index (χ1) is 17.8. The van der Waals surface area contributed by atoms with Crippen LogP contribution in [0.15, 0.2) is 60.7 Å². The van der Waals surface area contributed by atoms with Crippen molar-refractivity contribution in [3.63, 3.8) is 0 Å². The van der Waals surface area contributed by atoms with E-state index in [1.54, 1.807) is 18.2 Å². The van der Waals surface area contributed by atoms with Gasteiger partial charge < -0.3 is 14.6 Å². The maximum atomic E-state index is 14.2. The van der Waals surface area contributed by atoms with Gasteiger partial charge in [0.25, 0.3) is 0 Å². The molecular formula is C30H30F3NO3. The fourth-order valence-corrected chi connectivity index (χ4v) is 5.16. The average Bonchev–Trinajstić information content (AvgIpc) is 3.39. The second-order valence-corrected chi connectivity index (χ2v) is 9.88. The summed E-state index contributed by atoms with van der Waals surface area (Å²) in [4.78, 5) is 2.26. The van der Waals surface area contributed by atoms with Crippen LogP contribution in [0.5, 0.6) is 17.2 Å². The van der Waals surface area contributed by atoms with Crippen molar-refractivity contribution in [2.24, 2.45) is 5.92 Å². The van der Waals surface area contributed by atoms with Gasteiger partial charge in [0.1, 0.15) is 30.0 Å². The molecule has 0 amide bonds. The van der Waals surface area contributed by atoms with Crippen LogP contribution in [0.4, 0.5) is 13.2 Å². The van der Waals surface area contributed by atoms with Crippen molar-refractivity contribution in [1.29, 1.82) is 0 Å². The van der Waals surface area contributed by atoms with Gasteiger partial charge in [0.05, 0.1) is 6.67 Å². The van der Waals surface area contributed by atoms with Gasteiger partial charge >= 0.3 is 0 Å². The van der Waals surface area contributed by atoms with Crippen molar-refractivity contribution in [3.05, 3.63) is 89.0 Å². The van der Waals surface area contributed by atoms with Gasteiger partial charge in [-0.3, -0.25) is 9.29 Å². The molecule has 3 aromatic rings. The van der Waals surface area contributed by atoms with E-state index in [0.29, 0.717) is 34.8 Å². The number of allylic oxidation sites excluding steroid dienone is 1. The second kappa shape index (κ2) is 10.5. The molecule has 194 valence electrons. The molecule has 5 rings (SSSR count). The lowest BCUT2D eigenvalue weighted by Crippen LogP contribution is -2.35. The van der Waals surface area contributed by atoms with Gasteiger partial charge in [-0.05, 0) is 86.0 Å². The summed E-state index contributed by atoms with van der Waals surface area (Å²) in [6.07, 6.45) is 0.310. The smallest absolute Gasteiger partial charge is 0.159 e. The van der Waals surface area contributed by atoms with Crippen molar-refractivity contribution >= 4 is 11.1 Å². The minimum atomic E-state index is -0.938. The van der Waals surface area contributed by atoms with E-state index >= 15 is 0 Å². The molecule has 1 fully saturated rings. The van der Waals surface area contributed by atoms with Gasteiger partial charge in [0, 0.05) is 29.6 Å². The Bertz CT molecular complexity index is 1310. The van der Waals surface area contributed by atoms with Gasteiger partial charge in [-0.15, -0.1) is 0 Å². The number of aromatic hydroxyl groups is 1. The molecule has 0 bridgehead atoms. The highest BCUT2D eigenvalue weighted by atomic mass is 19.2. The number of alkyl halides is 1. The molecule has 4 nitrogen and oxygen atoms in total. The number of rotatable bonds is 7. The fourth-order valence-electron chi connectivity index (χ4n) is 5.16. The van der Waals surface area contributed by atoms with E-state index < -0.39 is 17.7 Å². The number of benzene rings is 3. The first kappa shape index (κ1) is 25.2. The SMILES string of the molecule is CC1=C(c2ccc(F)c(F)c2)C(c2ccc(OCC(C)N3CCC(CF)C3)cc2)Oc2ccc(O)cc21. The maximum Gasteiger partial charge on any atom is 0.159 e. The highest BCUT2D eigenvalue weighted by Crippen LogP contribution is 2.47. The number of hydrogen-bond donors (Lipinski definition) is 1. The first-order valence-corrected chi connectivity index (χ1v) is 12.5. The van der Waals surface area contributed by atoms with E-state index in [0.717, 1.165) is 36.7 Å². The molecule has 0 aliphatic carbocycles. The minimum Gasteiger partial charge on any atom is -0.508 e. The molecule has 2 heterocycles. The third kappa shape index (κ3) is 5.18. The number of halogens is 3. The molecule has 0 saturated carbocycles. The third-order valence-electron chi connectivity index (χ3n) is 7.34. The fraction of sp³-hybridized carbons (Fsp3) is 0.333. The summed E-state index contributed by atoms with van der Waals surface area (Å²) >= 11 is 0. The lowest BCUT2D eigenvalue weighted by Gasteiger charge is -2.31. The van der Waals surface area contributed by atoms with Crippen LogP contribution in [0.25, 0.3) is 11.1 Å². The predicted octanol–water partition coefficient (Wildman–Crippen LogP) is 6.79. The predicted molar refractivity (Wildman–Crippen MR) is 137 cm³/mol. The highest BCUT2D eigenvalue weighted by Gasteiger charge is 2.30. The van der Waals surface area contributed by atoms with E-state index in [1.807, 2.05) is 31.2 Å². The van der Waals surface area contributed by atoms with Crippen LogP contribution in [0, 0.1) is 17.6 Å². The van der Waals surface area contributed by atoms with Crippen molar-refractivity contribution in [3.8, 4) is 17.2 Å². The van der Waals surface area contributed by atoms with Gasteiger partial charge in [0.15, 0.2) is 11.6 Å². The maximum absolute atomic E-state index is 14.2. The number of nitrogens with zero attached hydrogens (tertiary/aromatic N) is 1. The zero-order valence-corrected chi connectivity index (χ0v) is 20.9. The van der Waals surface area contributed by atoms with Crippen LogP contribution in [-0.2, 0) is 0 Å². The number of phenols is 1. The number of likely N-dealkylation sites (tertiary alicyclic amines) is 1. The number of fused-ring (bicyclic) bond motifs is 1. The summed E-state index contributed by atoms with van der Waals surface area (Å²) in [6.45, 7) is 5.83. The van der Waals surface area contributed by atoms with Gasteiger partial charge in [-0.25, -0.2) is 8.78 Å². The molecule has 3 unspecified atom stereocenters. The minimum absolute atomic E-state index is 0.0923. The lowest BCUT2D eigenvalue weighted by atomic mass is 9.86. The Hall–Kier alpha value is -3.45. The molecular weight excluding hydrogens is 479 g/mol. The lowest BCUT2D eigenvalue weighted by molar-refractivity contribution is 0.165. The molecule has 2 aliphatic rings. The summed E-state index contributed by atoms with van der Waals surface area (Å²) < 4.78 is 53.2. The summed E-state index contributed by atoms with van der Waals surface area (Å²) in [5.74, 6) is -0.350. The molecule has 7 heteroatoms. The standard InChI is InChI=1S/C30H30F3NO3/c1-18(34-12-11-20(15-31)16-34)17-36-24-7-3-21(4-8-24)30-29(22-5-9-26(32)27(33)13-22)19(2)25-14-23(35)6-10-28(25)37-30/h3-10,13-14,18,20,30,35H,11-12,15-17H2,1-2H3. The average molecular weight is 510 g/mol. The monoisotopic (exact) mass is 509 g/mol. The zero-order valence-electron chi connectivity index (χ0n) is 20.9. The molecule has 0 radical (unpaired) electrons. The normalized spacial score (nSPS) is 20.5. The number of hydrogen-bond acceptors (Lipinski definition) is 4. The molecule has 1 saturated heterocycles. The molecule has 3 atom stereocenters. The van der Waals surface area contributed by atoms with Crippen LogP contribution in [-0.4, -0.2) is 42.4 Å². The Kier molecular flexibility index (Phi) is 7.15. The molecule has 0 spiro atoms. The van der Waals surface area contributed by atoms with E-state index in [9.17, 15) is 18.3 Å². The molecule has 3 aromatic carbocycles. The van der Waals surface area contributed by atoms with E-state index in [2.05, 4.69) is 11.8 Å². The Morgan fingerprint density at radius 1 is 1.05 bits per heavy atom. The Morgan fingerprint density at radius 2 is 1.84 bits per heavy atom. The largest absolute Gasteiger partial charge is 0.508 e. The second-order valence-electron chi connectivity index (χ2n) is 9.88. The van der Waals surface area contributed by atoms with Crippen LogP contribution < -0.4 is 9.47 Å². The van der Waals surface area contributed by atoms with Gasteiger partial charge in [0.2, 0.25) is 0 Å². The number of ether oxygens (including phenoxy) is 2. The topological polar surface area (TPSA) is 41.9 Å². The summed E-state index contributed by atoms with van der Waals surface area (Å²) in [5.41, 5.74) is 3.52. The summed E-state index contributed by atoms with van der Waals surface area (Å²) in [5, 5.41) is 10.0. The van der Waals surface area contributed by atoms with E-state index in [4.69, 9.17) is 9.47 Å². The van der Waals surface area contributed by atoms with Crippen molar-refractivity contribution in [1.82, 2.24) is 4.90 Å². The Morgan fingerprint density at radius 3 is 2.54 bits per heavy atom. The molecule has 1 N–H and O–H groups in total. The van der Waals surface area contributed by atoms with Crippen LogP contribution in [0.3, 0.4) is 0 Å². The summed E-state index contributed by atoms with van der Waals surface area (Å²) in [7, 11) is 0. The molecule has 0 aromatic heterocycles. The van der Waals surface area contributed by atoms with Gasteiger partial charge in [-0.1, -0.05) is 18.2 Å². The van der Waals surface area contributed by atoms with Crippen LogP contribution in [0.2, 0.25) is 0 Å². The third-order valence-corrected chi connectivity index (χ3v) is 7.34. The van der Waals surface area contributed by atoms with Crippen molar-refractivity contribution in [2.45, 2.75) is 32.4 Å². The molecule has 2 aliphatic heterocycles. The van der Waals surface area contributed by atoms with E-state index in [1.165, 1.54) is 12.1 Å². The first-order valence-electron chi connectivity index (χ1n) is 12.5. The Labute approximate surface area is 215 Å². The van der Waals surface area contributed by atoms with Gasteiger partial charge in [-0.2, -0.15) is 0 Å². The van der Waals surface area contributed by atoms with Crippen molar-refractivity contribution < 1.29 is 27.8 Å². The Balaban J connectivity index is 1.39. The highest BCUT2D eigenvalue weighted by molar-refractivity contribution is 5.95.